The van der Waals surface area contributed by atoms with E-state index in [4.69, 9.17) is 19.9 Å². The number of rotatable bonds is 11. The molecule has 4 rings (SSSR count). The number of benzene rings is 1. The van der Waals surface area contributed by atoms with E-state index in [-0.39, 0.29) is 50.8 Å². The lowest BCUT2D eigenvalue weighted by Gasteiger charge is -2.49. The lowest BCUT2D eigenvalue weighted by atomic mass is 9.76. The van der Waals surface area contributed by atoms with Crippen molar-refractivity contribution in [2.45, 2.75) is 70.1 Å². The third-order valence-corrected chi connectivity index (χ3v) is 10.1. The van der Waals surface area contributed by atoms with Crippen molar-refractivity contribution in [2.24, 2.45) is 11.7 Å². The van der Waals surface area contributed by atoms with Gasteiger partial charge in [-0.2, -0.15) is 23.5 Å². The molecule has 2 N–H and O–H groups in total. The van der Waals surface area contributed by atoms with Gasteiger partial charge in [0.2, 0.25) is 0 Å². The number of carbonyl (C=O) groups is 1. The second kappa shape index (κ2) is 12.0. The Morgan fingerprint density at radius 2 is 1.77 bits per heavy atom. The Kier molecular flexibility index (Phi) is 9.10. The summed E-state index contributed by atoms with van der Waals surface area (Å²) >= 11 is 0. The van der Waals surface area contributed by atoms with E-state index in [0.29, 0.717) is 36.7 Å². The van der Waals surface area contributed by atoms with Crippen LogP contribution in [0.3, 0.4) is 0 Å². The summed E-state index contributed by atoms with van der Waals surface area (Å²) in [5, 5.41) is 14.8. The lowest BCUT2D eigenvalue weighted by Crippen LogP contribution is -2.58. The van der Waals surface area contributed by atoms with Crippen molar-refractivity contribution in [3.8, 4) is 6.07 Å². The molecule has 1 aliphatic heterocycles. The zero-order valence-corrected chi connectivity index (χ0v) is 23.6. The number of halogens is 3. The van der Waals surface area contributed by atoms with Gasteiger partial charge in [-0.3, -0.25) is 18.9 Å². The van der Waals surface area contributed by atoms with Crippen LogP contribution in [0.15, 0.2) is 30.5 Å². The van der Waals surface area contributed by atoms with Gasteiger partial charge in [-0.05, 0) is 57.2 Å². The molecule has 2 aromatic rings. The Labute approximate surface area is 231 Å². The molecule has 0 radical (unpaired) electrons. The van der Waals surface area contributed by atoms with Gasteiger partial charge in [0.05, 0.1) is 53.7 Å². The second-order valence-electron chi connectivity index (χ2n) is 10.5. The molecule has 1 aromatic carbocycles. The zero-order chi connectivity index (χ0) is 29.1. The molecule has 1 saturated heterocycles. The Bertz CT molecular complexity index is 1270. The van der Waals surface area contributed by atoms with E-state index >= 15 is 0 Å². The quantitative estimate of drug-likeness (QED) is 0.388. The highest BCUT2D eigenvalue weighted by Crippen LogP contribution is 2.47. The zero-order valence-electron chi connectivity index (χ0n) is 22.7. The normalized spacial score (nSPS) is 22.6. The maximum Gasteiger partial charge on any atom is 0.394 e. The summed E-state index contributed by atoms with van der Waals surface area (Å²) in [4.78, 5) is 14.2. The van der Waals surface area contributed by atoms with Crippen molar-refractivity contribution in [3.63, 3.8) is 0 Å². The summed E-state index contributed by atoms with van der Waals surface area (Å²) in [6.07, 6.45) is 0.223. The number of aromatic nitrogens is 2. The van der Waals surface area contributed by atoms with E-state index in [1.807, 2.05) is 4.90 Å². The first kappa shape index (κ1) is 30.3. The van der Waals surface area contributed by atoms with Crippen molar-refractivity contribution in [1.82, 2.24) is 14.7 Å². The van der Waals surface area contributed by atoms with Crippen LogP contribution in [0.1, 0.15) is 67.6 Å². The molecule has 0 bridgehead atoms. The molecule has 0 atom stereocenters. The third kappa shape index (κ3) is 6.28. The van der Waals surface area contributed by atoms with E-state index in [0.717, 1.165) is 5.56 Å². The van der Waals surface area contributed by atoms with Gasteiger partial charge in [0.1, 0.15) is 0 Å². The van der Waals surface area contributed by atoms with E-state index in [2.05, 4.69) is 6.07 Å². The molecule has 1 amide bonds. The van der Waals surface area contributed by atoms with E-state index in [1.54, 1.807) is 49.0 Å². The Balaban J connectivity index is 1.51. The van der Waals surface area contributed by atoms with Crippen LogP contribution in [-0.4, -0.2) is 59.1 Å². The number of carbonyl (C=O) groups excluding carboxylic acids is 1. The summed E-state index contributed by atoms with van der Waals surface area (Å²) in [6.45, 7) is 3.97. The topological polar surface area (TPSA) is 123 Å². The first-order valence-electron chi connectivity index (χ1n) is 13.5. The molecular formula is C27H35F3N5O4P. The predicted octanol–water partition coefficient (Wildman–Crippen LogP) is 4.51. The highest BCUT2D eigenvalue weighted by atomic mass is 31.2. The Hall–Kier alpha value is -2.71. The lowest BCUT2D eigenvalue weighted by molar-refractivity contribution is -0.215. The number of primary amides is 1. The predicted molar refractivity (Wildman–Crippen MR) is 142 cm³/mol. The van der Waals surface area contributed by atoms with Crippen molar-refractivity contribution < 1.29 is 31.6 Å². The molecule has 9 nitrogen and oxygen atoms in total. The molecule has 0 spiro atoms. The number of nitrogens with zero attached hydrogens (tertiary/aromatic N) is 4. The van der Waals surface area contributed by atoms with Crippen LogP contribution in [0.5, 0.6) is 0 Å². The molecule has 1 aliphatic carbocycles. The van der Waals surface area contributed by atoms with Gasteiger partial charge in [0.25, 0.3) is 5.91 Å². The summed E-state index contributed by atoms with van der Waals surface area (Å²) in [5.41, 5.74) is 6.51. The SMILES string of the molecule is CCOP(=O)(OCC)c1ccc(Cc2nn(C3(CC#N)CCC(N4CC(C(F)(F)F)C4)CC3)cc2C(N)=O)cc1. The number of nitriles is 1. The highest BCUT2D eigenvalue weighted by Gasteiger charge is 2.50. The molecule has 13 heteroatoms. The molecule has 1 aromatic heterocycles. The van der Waals surface area contributed by atoms with Gasteiger partial charge in [-0.25, -0.2) is 0 Å². The Morgan fingerprint density at radius 3 is 2.27 bits per heavy atom. The van der Waals surface area contributed by atoms with Crippen LogP contribution in [0.4, 0.5) is 13.2 Å². The molecule has 218 valence electrons. The van der Waals surface area contributed by atoms with Gasteiger partial charge in [-0.1, -0.05) is 12.1 Å². The maximum atomic E-state index is 13.1. The molecule has 0 unspecified atom stereocenters. The smallest absolute Gasteiger partial charge is 0.365 e. The van der Waals surface area contributed by atoms with Gasteiger partial charge in [0, 0.05) is 31.7 Å². The van der Waals surface area contributed by atoms with Gasteiger partial charge in [-0.15, -0.1) is 0 Å². The number of amides is 1. The highest BCUT2D eigenvalue weighted by molar-refractivity contribution is 7.62. The standard InChI is InChI=1S/C27H35F3N5O4P/c1-3-38-40(37,39-4-2)22-7-5-19(6-8-22)15-24-23(25(32)36)18-35(33-24)26(13-14-31)11-9-21(10-12-26)34-16-20(17-34)27(28,29)30/h5-8,18,20-21H,3-4,9-13,15-17H2,1-2H3,(H2,32,36). The summed E-state index contributed by atoms with van der Waals surface area (Å²) in [5.74, 6) is -1.92. The second-order valence-corrected chi connectivity index (χ2v) is 12.5. The van der Waals surface area contributed by atoms with E-state index in [9.17, 15) is 27.8 Å². The summed E-state index contributed by atoms with van der Waals surface area (Å²) in [6, 6.07) is 9.13. The fourth-order valence-electron chi connectivity index (χ4n) is 5.66. The van der Waals surface area contributed by atoms with Crippen LogP contribution >= 0.6 is 7.60 Å². The van der Waals surface area contributed by atoms with Gasteiger partial charge in [0.15, 0.2) is 0 Å². The number of nitrogens with two attached hydrogens (primary N) is 1. The monoisotopic (exact) mass is 581 g/mol. The molecule has 1 saturated carbocycles. The minimum atomic E-state index is -4.17. The van der Waals surface area contributed by atoms with Crippen LogP contribution < -0.4 is 11.0 Å². The fourth-order valence-corrected chi connectivity index (χ4v) is 7.23. The largest absolute Gasteiger partial charge is 0.394 e. The van der Waals surface area contributed by atoms with Gasteiger partial charge >= 0.3 is 13.8 Å². The first-order chi connectivity index (χ1) is 18.9. The maximum absolute atomic E-state index is 13.1. The van der Waals surface area contributed by atoms with Crippen molar-refractivity contribution in [1.29, 1.82) is 5.26 Å². The van der Waals surface area contributed by atoms with Crippen molar-refractivity contribution >= 4 is 18.8 Å². The molecule has 2 heterocycles. The van der Waals surface area contributed by atoms with Gasteiger partial charge < -0.3 is 14.8 Å². The van der Waals surface area contributed by atoms with E-state index < -0.39 is 31.1 Å². The number of likely N-dealkylation sites (tertiary alicyclic amines) is 1. The molecular weight excluding hydrogens is 546 g/mol. The molecule has 40 heavy (non-hydrogen) atoms. The number of hydrogen-bond donors (Lipinski definition) is 1. The number of hydrogen-bond acceptors (Lipinski definition) is 7. The van der Waals surface area contributed by atoms with Crippen LogP contribution in [0.25, 0.3) is 0 Å². The van der Waals surface area contributed by atoms with Crippen LogP contribution in [0, 0.1) is 17.2 Å². The summed E-state index contributed by atoms with van der Waals surface area (Å²) < 4.78 is 64.4. The van der Waals surface area contributed by atoms with Crippen molar-refractivity contribution in [3.05, 3.63) is 47.3 Å². The van der Waals surface area contributed by atoms with Crippen LogP contribution in [-0.2, 0) is 25.6 Å². The average Bonchev–Trinajstić information content (AvgIpc) is 3.29. The summed E-state index contributed by atoms with van der Waals surface area (Å²) in [7, 11) is -3.44. The molecule has 2 aliphatic rings. The first-order valence-corrected chi connectivity index (χ1v) is 15.0. The third-order valence-electron chi connectivity index (χ3n) is 7.95. The van der Waals surface area contributed by atoms with Crippen molar-refractivity contribution in [2.75, 3.05) is 26.3 Å². The fraction of sp³-hybridized carbons (Fsp3) is 0.593. The average molecular weight is 582 g/mol. The minimum Gasteiger partial charge on any atom is -0.365 e. The Morgan fingerprint density at radius 1 is 1.18 bits per heavy atom. The van der Waals surface area contributed by atoms with E-state index in [1.165, 1.54) is 0 Å². The molecule has 2 fully saturated rings. The van der Waals surface area contributed by atoms with Crippen LogP contribution in [0.2, 0.25) is 0 Å². The minimum absolute atomic E-state index is 0.0144. The number of alkyl halides is 3.